The van der Waals surface area contributed by atoms with Crippen LogP contribution in [0.5, 0.6) is 0 Å². The van der Waals surface area contributed by atoms with Gasteiger partial charge in [0, 0.05) is 34.3 Å². The lowest BCUT2D eigenvalue weighted by atomic mass is 9.94. The molecule has 5 rings (SSSR count). The van der Waals surface area contributed by atoms with Crippen LogP contribution in [0.15, 0.2) is 54.0 Å². The molecule has 0 saturated heterocycles. The SMILES string of the molecule is Cc1ccc(C(=O)n2c(C)c(CC(=O)N(c3nccs3)C3CCCCC3)c3cc(CO)ccc32)cc1. The molecule has 0 spiro atoms. The predicted molar refractivity (Wildman–Crippen MR) is 144 cm³/mol. The average molecular weight is 502 g/mol. The smallest absolute Gasteiger partial charge is 0.262 e. The van der Waals surface area contributed by atoms with Gasteiger partial charge in [0.1, 0.15) is 0 Å². The number of aryl methyl sites for hydroxylation is 1. The molecule has 0 unspecified atom stereocenters. The molecule has 2 aromatic carbocycles. The summed E-state index contributed by atoms with van der Waals surface area (Å²) in [5.74, 6) is -0.131. The van der Waals surface area contributed by atoms with Gasteiger partial charge in [0.15, 0.2) is 5.13 Å². The van der Waals surface area contributed by atoms with Gasteiger partial charge in [0.25, 0.3) is 5.91 Å². The number of aliphatic hydroxyl groups is 1. The van der Waals surface area contributed by atoms with Crippen molar-refractivity contribution in [3.8, 4) is 0 Å². The van der Waals surface area contributed by atoms with Crippen LogP contribution in [-0.4, -0.2) is 32.5 Å². The maximum absolute atomic E-state index is 13.9. The summed E-state index contributed by atoms with van der Waals surface area (Å²) >= 11 is 1.49. The van der Waals surface area contributed by atoms with Gasteiger partial charge in [0.05, 0.1) is 18.5 Å². The standard InChI is InChI=1S/C29H31N3O3S/c1-19-8-11-22(12-9-19)28(35)31-20(2)24(25-16-21(18-33)10-13-26(25)31)17-27(34)32(29-30-14-15-36-29)23-6-4-3-5-7-23/h8-16,23,33H,3-7,17-18H2,1-2H3. The van der Waals surface area contributed by atoms with Crippen molar-refractivity contribution in [1.29, 1.82) is 0 Å². The zero-order valence-electron chi connectivity index (χ0n) is 20.7. The Bertz CT molecular complexity index is 1380. The van der Waals surface area contributed by atoms with Gasteiger partial charge in [-0.1, -0.05) is 43.0 Å². The number of fused-ring (bicyclic) bond motifs is 1. The fourth-order valence-corrected chi connectivity index (χ4v) is 6.05. The monoisotopic (exact) mass is 501 g/mol. The first-order valence-electron chi connectivity index (χ1n) is 12.5. The molecule has 1 aliphatic rings. The van der Waals surface area contributed by atoms with Crippen LogP contribution in [0.4, 0.5) is 5.13 Å². The highest BCUT2D eigenvalue weighted by Crippen LogP contribution is 2.33. The molecule has 186 valence electrons. The van der Waals surface area contributed by atoms with Crippen molar-refractivity contribution >= 4 is 39.2 Å². The molecule has 6 nitrogen and oxygen atoms in total. The summed E-state index contributed by atoms with van der Waals surface area (Å²) in [5.41, 5.74) is 4.75. The number of benzene rings is 2. The van der Waals surface area contributed by atoms with Gasteiger partial charge in [-0.2, -0.15) is 0 Å². The second-order valence-electron chi connectivity index (χ2n) is 9.63. The molecule has 1 fully saturated rings. The fraction of sp³-hybridized carbons (Fsp3) is 0.345. The fourth-order valence-electron chi connectivity index (χ4n) is 5.32. The van der Waals surface area contributed by atoms with Crippen LogP contribution in [0.1, 0.15) is 64.8 Å². The first kappa shape index (κ1) is 24.4. The summed E-state index contributed by atoms with van der Waals surface area (Å²) in [5, 5.41) is 13.3. The highest BCUT2D eigenvalue weighted by Gasteiger charge is 2.30. The zero-order valence-corrected chi connectivity index (χ0v) is 21.6. The van der Waals surface area contributed by atoms with E-state index < -0.39 is 0 Å². The van der Waals surface area contributed by atoms with Crippen molar-refractivity contribution in [2.24, 2.45) is 0 Å². The lowest BCUT2D eigenvalue weighted by Gasteiger charge is -2.32. The second-order valence-corrected chi connectivity index (χ2v) is 10.5. The maximum atomic E-state index is 13.9. The molecule has 0 radical (unpaired) electrons. The minimum atomic E-state index is -0.128. The van der Waals surface area contributed by atoms with Crippen molar-refractivity contribution in [3.63, 3.8) is 0 Å². The van der Waals surface area contributed by atoms with Crippen molar-refractivity contribution < 1.29 is 14.7 Å². The Hall–Kier alpha value is -3.29. The molecule has 1 aliphatic carbocycles. The number of anilines is 1. The summed E-state index contributed by atoms with van der Waals surface area (Å²) < 4.78 is 1.71. The lowest BCUT2D eigenvalue weighted by Crippen LogP contribution is -2.42. The van der Waals surface area contributed by atoms with E-state index in [9.17, 15) is 14.7 Å². The van der Waals surface area contributed by atoms with E-state index in [0.717, 1.165) is 64.1 Å². The molecule has 4 aromatic rings. The summed E-state index contributed by atoms with van der Waals surface area (Å²) in [7, 11) is 0. The number of carbonyl (C=O) groups excluding carboxylic acids is 2. The number of amides is 1. The molecule has 0 atom stereocenters. The summed E-state index contributed by atoms with van der Waals surface area (Å²) in [4.78, 5) is 33.9. The highest BCUT2D eigenvalue weighted by molar-refractivity contribution is 7.13. The maximum Gasteiger partial charge on any atom is 0.262 e. The minimum absolute atomic E-state index is 0.00353. The Morgan fingerprint density at radius 3 is 2.50 bits per heavy atom. The third kappa shape index (κ3) is 4.61. The number of thiazole rings is 1. The van der Waals surface area contributed by atoms with Gasteiger partial charge in [-0.15, -0.1) is 11.3 Å². The second kappa shape index (κ2) is 10.4. The average Bonchev–Trinajstić information content (AvgIpc) is 3.51. The molecule has 1 saturated carbocycles. The minimum Gasteiger partial charge on any atom is -0.392 e. The topological polar surface area (TPSA) is 75.4 Å². The van der Waals surface area contributed by atoms with Gasteiger partial charge in [-0.25, -0.2) is 4.98 Å². The van der Waals surface area contributed by atoms with Crippen LogP contribution in [0, 0.1) is 13.8 Å². The van der Waals surface area contributed by atoms with E-state index in [2.05, 4.69) is 4.98 Å². The van der Waals surface area contributed by atoms with Gasteiger partial charge in [0.2, 0.25) is 5.91 Å². The first-order valence-corrected chi connectivity index (χ1v) is 13.4. The molecular formula is C29H31N3O3S. The Kier molecular flexibility index (Phi) is 7.03. The van der Waals surface area contributed by atoms with Gasteiger partial charge in [-0.3, -0.25) is 19.1 Å². The Labute approximate surface area is 215 Å². The molecule has 36 heavy (non-hydrogen) atoms. The number of aliphatic hydroxyl groups excluding tert-OH is 1. The van der Waals surface area contributed by atoms with Crippen LogP contribution >= 0.6 is 11.3 Å². The predicted octanol–water partition coefficient (Wildman–Crippen LogP) is 5.80. The Morgan fingerprint density at radius 2 is 1.83 bits per heavy atom. The van der Waals surface area contributed by atoms with Gasteiger partial charge >= 0.3 is 0 Å². The van der Waals surface area contributed by atoms with Crippen LogP contribution in [0.2, 0.25) is 0 Å². The van der Waals surface area contributed by atoms with E-state index in [-0.39, 0.29) is 30.9 Å². The molecule has 2 aromatic heterocycles. The summed E-state index contributed by atoms with van der Waals surface area (Å²) in [6, 6.07) is 13.3. The number of carbonyl (C=O) groups is 2. The third-order valence-electron chi connectivity index (χ3n) is 7.25. The quantitative estimate of drug-likeness (QED) is 0.362. The zero-order chi connectivity index (χ0) is 25.2. The molecule has 1 amide bonds. The normalized spacial score (nSPS) is 14.3. The van der Waals surface area contributed by atoms with Crippen LogP contribution in [-0.2, 0) is 17.8 Å². The van der Waals surface area contributed by atoms with E-state index in [0.29, 0.717) is 5.56 Å². The van der Waals surface area contributed by atoms with E-state index in [4.69, 9.17) is 0 Å². The third-order valence-corrected chi connectivity index (χ3v) is 8.02. The van der Waals surface area contributed by atoms with Crippen molar-refractivity contribution in [2.75, 3.05) is 4.90 Å². The molecule has 7 heteroatoms. The van der Waals surface area contributed by atoms with Gasteiger partial charge in [-0.05, 0) is 62.1 Å². The van der Waals surface area contributed by atoms with E-state index in [1.807, 2.05) is 66.6 Å². The Balaban J connectivity index is 1.58. The van der Waals surface area contributed by atoms with Crippen molar-refractivity contribution in [2.45, 2.75) is 65.0 Å². The van der Waals surface area contributed by atoms with Gasteiger partial charge < -0.3 is 5.11 Å². The van der Waals surface area contributed by atoms with E-state index in [1.165, 1.54) is 17.8 Å². The number of rotatable bonds is 6. The van der Waals surface area contributed by atoms with Crippen molar-refractivity contribution in [1.82, 2.24) is 9.55 Å². The molecule has 0 bridgehead atoms. The number of hydrogen-bond acceptors (Lipinski definition) is 5. The van der Waals surface area contributed by atoms with Crippen molar-refractivity contribution in [3.05, 3.63) is 82.0 Å². The summed E-state index contributed by atoms with van der Waals surface area (Å²) in [6.07, 6.45) is 7.30. The molecule has 2 heterocycles. The molecule has 1 N–H and O–H groups in total. The van der Waals surface area contributed by atoms with E-state index >= 15 is 0 Å². The molecular weight excluding hydrogens is 470 g/mol. The first-order chi connectivity index (χ1) is 17.5. The lowest BCUT2D eigenvalue weighted by molar-refractivity contribution is -0.118. The number of hydrogen-bond donors (Lipinski definition) is 1. The number of nitrogens with zero attached hydrogens (tertiary/aromatic N) is 3. The van der Waals surface area contributed by atoms with Crippen LogP contribution in [0.25, 0.3) is 10.9 Å². The van der Waals surface area contributed by atoms with Crippen LogP contribution in [0.3, 0.4) is 0 Å². The summed E-state index contributed by atoms with van der Waals surface area (Å²) in [6.45, 7) is 3.79. The van der Waals surface area contributed by atoms with E-state index in [1.54, 1.807) is 10.8 Å². The van der Waals surface area contributed by atoms with Crippen LogP contribution < -0.4 is 4.90 Å². The highest BCUT2D eigenvalue weighted by atomic mass is 32.1. The Morgan fingerprint density at radius 1 is 1.08 bits per heavy atom. The largest absolute Gasteiger partial charge is 0.392 e. The number of aromatic nitrogens is 2. The molecule has 0 aliphatic heterocycles.